The summed E-state index contributed by atoms with van der Waals surface area (Å²) in [5, 5.41) is 12.4. The molecule has 6 heteroatoms. The van der Waals surface area contributed by atoms with E-state index in [0.29, 0.717) is 15.0 Å². The van der Waals surface area contributed by atoms with Gasteiger partial charge in [0.1, 0.15) is 10.9 Å². The second-order valence-electron chi connectivity index (χ2n) is 7.73. The smallest absolute Gasteiger partial charge is 0.186 e. The first-order chi connectivity index (χ1) is 15.0. The van der Waals surface area contributed by atoms with Crippen molar-refractivity contribution in [2.45, 2.75) is 26.3 Å². The summed E-state index contributed by atoms with van der Waals surface area (Å²) >= 11 is 2.69. The van der Waals surface area contributed by atoms with E-state index >= 15 is 0 Å². The number of aryl methyl sites for hydroxylation is 1. The normalized spacial score (nSPS) is 17.9. The molecule has 1 N–H and O–H groups in total. The highest BCUT2D eigenvalue weighted by molar-refractivity contribution is 8.19. The number of hydrogen-bond donors (Lipinski definition) is 1. The number of thiazole rings is 1. The third-order valence-electron chi connectivity index (χ3n) is 5.66. The Morgan fingerprint density at radius 1 is 1.16 bits per heavy atom. The average molecular weight is 444 g/mol. The summed E-state index contributed by atoms with van der Waals surface area (Å²) in [5.41, 5.74) is 5.81. The van der Waals surface area contributed by atoms with Crippen LogP contribution < -0.4 is 0 Å². The number of carbonyl (C=O) groups is 1. The van der Waals surface area contributed by atoms with E-state index in [1.165, 1.54) is 34.2 Å². The molecule has 31 heavy (non-hydrogen) atoms. The molecule has 0 spiro atoms. The molecule has 0 unspecified atom stereocenters. The molecule has 1 fully saturated rings. The third kappa shape index (κ3) is 3.56. The molecular weight excluding hydrogens is 422 g/mol. The van der Waals surface area contributed by atoms with Crippen molar-refractivity contribution in [2.24, 2.45) is 0 Å². The molecule has 3 heterocycles. The van der Waals surface area contributed by atoms with Crippen LogP contribution in [0.4, 0.5) is 0 Å². The van der Waals surface area contributed by atoms with Crippen molar-refractivity contribution < 1.29 is 4.79 Å². The third-order valence-corrected chi connectivity index (χ3v) is 7.50. The lowest BCUT2D eigenvalue weighted by Crippen LogP contribution is -2.11. The summed E-state index contributed by atoms with van der Waals surface area (Å²) < 4.78 is 2.31. The molecule has 1 atom stereocenters. The molecule has 154 valence electrons. The first-order valence-corrected chi connectivity index (χ1v) is 11.8. The van der Waals surface area contributed by atoms with Gasteiger partial charge in [-0.25, -0.2) is 4.98 Å². The molecule has 1 aliphatic rings. The van der Waals surface area contributed by atoms with Crippen LogP contribution in [0.1, 0.15) is 33.3 Å². The van der Waals surface area contributed by atoms with Crippen LogP contribution in [-0.2, 0) is 11.3 Å². The van der Waals surface area contributed by atoms with Crippen molar-refractivity contribution in [2.75, 3.05) is 0 Å². The van der Waals surface area contributed by atoms with E-state index < -0.39 is 5.92 Å². The van der Waals surface area contributed by atoms with Gasteiger partial charge in [-0.1, -0.05) is 59.8 Å². The highest BCUT2D eigenvalue weighted by atomic mass is 32.2. The number of ketones is 1. The quantitative estimate of drug-likeness (QED) is 0.383. The molecule has 4 aromatic rings. The van der Waals surface area contributed by atoms with E-state index in [9.17, 15) is 4.79 Å². The van der Waals surface area contributed by atoms with Gasteiger partial charge in [-0.05, 0) is 31.6 Å². The van der Waals surface area contributed by atoms with Gasteiger partial charge in [0.15, 0.2) is 5.78 Å². The van der Waals surface area contributed by atoms with Crippen LogP contribution in [0.2, 0.25) is 0 Å². The summed E-state index contributed by atoms with van der Waals surface area (Å²) in [5.74, 6) is -0.586. The zero-order valence-electron chi connectivity index (χ0n) is 17.3. The highest BCUT2D eigenvalue weighted by Gasteiger charge is 2.38. The van der Waals surface area contributed by atoms with Gasteiger partial charge in [-0.15, -0.1) is 11.3 Å². The number of aromatic nitrogens is 2. The molecular formula is C25H21N3OS2. The summed E-state index contributed by atoms with van der Waals surface area (Å²) in [6.45, 7) is 4.99. The van der Waals surface area contributed by atoms with Gasteiger partial charge < -0.3 is 4.57 Å². The molecule has 0 aliphatic carbocycles. The Hall–Kier alpha value is -2.96. The van der Waals surface area contributed by atoms with Crippen molar-refractivity contribution in [3.05, 3.63) is 92.4 Å². The fraction of sp³-hybridized carbons (Fsp3) is 0.160. The van der Waals surface area contributed by atoms with E-state index in [-0.39, 0.29) is 5.78 Å². The minimum Gasteiger partial charge on any atom is -0.340 e. The number of carbonyl (C=O) groups excluding carboxylic acids is 1. The standard InChI is InChI=1S/C25H21N3OS2/c1-15-6-5-7-17(12-15)14-28-16(2)19(18-8-3-4-9-20(18)28)13-21-23(29)22(24(26)31-21)25-27-10-11-30-25/h3-13,22,26H,14H2,1-2H3/b21-13-,26-24?/t22-/m1/s1. The fourth-order valence-electron chi connectivity index (χ4n) is 4.16. The first kappa shape index (κ1) is 20.0. The second kappa shape index (κ2) is 7.94. The van der Waals surface area contributed by atoms with Crippen LogP contribution in [0.25, 0.3) is 17.0 Å². The van der Waals surface area contributed by atoms with Gasteiger partial charge in [0.05, 0.1) is 9.95 Å². The number of rotatable bonds is 4. The first-order valence-electron chi connectivity index (χ1n) is 10.1. The topological polar surface area (TPSA) is 58.7 Å². The summed E-state index contributed by atoms with van der Waals surface area (Å²) in [6.07, 6.45) is 3.66. The molecule has 1 saturated heterocycles. The number of Topliss-reactive ketones (excluding diaryl/α,β-unsaturated/α-hetero) is 1. The number of allylic oxidation sites excluding steroid dienone is 1. The van der Waals surface area contributed by atoms with E-state index in [1.807, 2.05) is 17.5 Å². The SMILES string of the molecule is Cc1cccc(Cn2c(C)c(/C=C3\SC(=N)[C@H](c4nccs4)C3=O)c3ccccc32)c1. The number of thioether (sulfide) groups is 1. The van der Waals surface area contributed by atoms with E-state index in [2.05, 4.69) is 65.9 Å². The van der Waals surface area contributed by atoms with Gasteiger partial charge in [-0.2, -0.15) is 0 Å². The Balaban J connectivity index is 1.59. The minimum atomic E-state index is -0.558. The molecule has 0 saturated carbocycles. The Bertz CT molecular complexity index is 1350. The van der Waals surface area contributed by atoms with Gasteiger partial charge in [0, 0.05) is 40.3 Å². The van der Waals surface area contributed by atoms with Crippen LogP contribution in [0.15, 0.2) is 65.0 Å². The Morgan fingerprint density at radius 2 is 2.00 bits per heavy atom. The zero-order chi connectivity index (χ0) is 21.5. The molecule has 1 aliphatic heterocycles. The molecule has 4 nitrogen and oxygen atoms in total. The highest BCUT2D eigenvalue weighted by Crippen LogP contribution is 2.42. The van der Waals surface area contributed by atoms with Crippen LogP contribution in [0.3, 0.4) is 0 Å². The fourth-order valence-corrected chi connectivity index (χ4v) is 5.95. The van der Waals surface area contributed by atoms with Gasteiger partial charge >= 0.3 is 0 Å². The van der Waals surface area contributed by atoms with E-state index in [4.69, 9.17) is 5.41 Å². The number of nitrogens with zero attached hydrogens (tertiary/aromatic N) is 2. The zero-order valence-corrected chi connectivity index (χ0v) is 18.9. The lowest BCUT2D eigenvalue weighted by molar-refractivity contribution is -0.114. The van der Waals surface area contributed by atoms with Gasteiger partial charge in [0.25, 0.3) is 0 Å². The summed E-state index contributed by atoms with van der Waals surface area (Å²) in [6, 6.07) is 16.9. The van der Waals surface area contributed by atoms with Crippen LogP contribution >= 0.6 is 23.1 Å². The number of benzene rings is 2. The molecule has 0 radical (unpaired) electrons. The maximum Gasteiger partial charge on any atom is 0.186 e. The van der Waals surface area contributed by atoms with Crippen LogP contribution in [-0.4, -0.2) is 20.4 Å². The van der Waals surface area contributed by atoms with Crippen LogP contribution in [0.5, 0.6) is 0 Å². The molecule has 0 bridgehead atoms. The molecule has 0 amide bonds. The predicted octanol–water partition coefficient (Wildman–Crippen LogP) is 6.18. The Morgan fingerprint density at radius 3 is 2.77 bits per heavy atom. The molecule has 5 rings (SSSR count). The van der Waals surface area contributed by atoms with Crippen molar-refractivity contribution >= 4 is 50.9 Å². The number of para-hydroxylation sites is 1. The van der Waals surface area contributed by atoms with Crippen LogP contribution in [0, 0.1) is 19.3 Å². The number of hydrogen-bond acceptors (Lipinski definition) is 5. The maximum atomic E-state index is 13.1. The lowest BCUT2D eigenvalue weighted by atomic mass is 10.0. The lowest BCUT2D eigenvalue weighted by Gasteiger charge is -2.09. The predicted molar refractivity (Wildman–Crippen MR) is 130 cm³/mol. The monoisotopic (exact) mass is 443 g/mol. The summed E-state index contributed by atoms with van der Waals surface area (Å²) in [7, 11) is 0. The van der Waals surface area contributed by atoms with Crippen molar-refractivity contribution in [3.8, 4) is 0 Å². The van der Waals surface area contributed by atoms with Gasteiger partial charge in [0.2, 0.25) is 0 Å². The number of fused-ring (bicyclic) bond motifs is 1. The molecule has 2 aromatic heterocycles. The van der Waals surface area contributed by atoms with E-state index in [1.54, 1.807) is 6.20 Å². The largest absolute Gasteiger partial charge is 0.340 e. The minimum absolute atomic E-state index is 0.0279. The second-order valence-corrected chi connectivity index (χ2v) is 9.74. The summed E-state index contributed by atoms with van der Waals surface area (Å²) in [4.78, 5) is 18.0. The Kier molecular flexibility index (Phi) is 5.12. The van der Waals surface area contributed by atoms with Crippen molar-refractivity contribution in [1.82, 2.24) is 9.55 Å². The molecule has 2 aromatic carbocycles. The number of nitrogens with one attached hydrogen (secondary N) is 1. The Labute approximate surface area is 189 Å². The van der Waals surface area contributed by atoms with Gasteiger partial charge in [-0.3, -0.25) is 10.2 Å². The van der Waals surface area contributed by atoms with Crippen molar-refractivity contribution in [3.63, 3.8) is 0 Å². The average Bonchev–Trinajstić information content (AvgIpc) is 3.43. The van der Waals surface area contributed by atoms with E-state index in [0.717, 1.165) is 28.7 Å². The van der Waals surface area contributed by atoms with Crippen molar-refractivity contribution in [1.29, 1.82) is 5.41 Å². The maximum absolute atomic E-state index is 13.1.